The fourth-order valence-electron chi connectivity index (χ4n) is 2.59. The van der Waals surface area contributed by atoms with E-state index in [1.807, 2.05) is 24.3 Å². The molecular formula is C17H19BrN2O. The highest BCUT2D eigenvalue weighted by Gasteiger charge is 2.20. The van der Waals surface area contributed by atoms with E-state index in [9.17, 15) is 0 Å². The van der Waals surface area contributed by atoms with Gasteiger partial charge in [-0.1, -0.05) is 46.3 Å². The lowest BCUT2D eigenvalue weighted by atomic mass is 10.2. The lowest BCUT2D eigenvalue weighted by Crippen LogP contribution is -2.40. The molecule has 0 fully saturated rings. The third-order valence-electron chi connectivity index (χ3n) is 3.61. The summed E-state index contributed by atoms with van der Waals surface area (Å²) in [4.78, 5) is 2.29. The maximum Gasteiger partial charge on any atom is 0.142 e. The molecule has 1 aliphatic heterocycles. The van der Waals surface area contributed by atoms with Crippen molar-refractivity contribution in [3.63, 3.8) is 0 Å². The van der Waals surface area contributed by atoms with E-state index in [0.717, 1.165) is 35.5 Å². The van der Waals surface area contributed by atoms with Crippen LogP contribution in [0.1, 0.15) is 5.56 Å². The van der Waals surface area contributed by atoms with Crippen molar-refractivity contribution in [1.29, 1.82) is 0 Å². The fraction of sp³-hybridized carbons (Fsp3) is 0.294. The number of halogens is 1. The van der Waals surface area contributed by atoms with Crippen LogP contribution in [0.25, 0.3) is 0 Å². The van der Waals surface area contributed by atoms with Crippen LogP contribution in [0.5, 0.6) is 5.75 Å². The summed E-state index contributed by atoms with van der Waals surface area (Å²) in [6.45, 7) is 2.64. The van der Waals surface area contributed by atoms with Crippen molar-refractivity contribution in [3.05, 3.63) is 58.6 Å². The largest absolute Gasteiger partial charge is 0.485 e. The van der Waals surface area contributed by atoms with E-state index in [1.54, 1.807) is 0 Å². The molecule has 3 nitrogen and oxygen atoms in total. The van der Waals surface area contributed by atoms with E-state index >= 15 is 0 Å². The molecule has 1 unspecified atom stereocenters. The molecule has 1 aliphatic rings. The van der Waals surface area contributed by atoms with Gasteiger partial charge in [-0.05, 0) is 30.8 Å². The summed E-state index contributed by atoms with van der Waals surface area (Å²) in [6.07, 6.45) is 0.174. The third kappa shape index (κ3) is 3.57. The molecule has 0 aliphatic carbocycles. The molecular weight excluding hydrogens is 328 g/mol. The molecule has 0 saturated heterocycles. The van der Waals surface area contributed by atoms with Crippen LogP contribution < -0.4 is 10.1 Å². The van der Waals surface area contributed by atoms with E-state index in [1.165, 1.54) is 5.56 Å². The summed E-state index contributed by atoms with van der Waals surface area (Å²) in [5.41, 5.74) is 2.38. The highest BCUT2D eigenvalue weighted by molar-refractivity contribution is 9.10. The number of nitrogens with one attached hydrogen (secondary N) is 1. The van der Waals surface area contributed by atoms with Crippen LogP contribution in [0, 0.1) is 0 Å². The zero-order valence-electron chi connectivity index (χ0n) is 12.1. The van der Waals surface area contributed by atoms with E-state index in [4.69, 9.17) is 4.74 Å². The van der Waals surface area contributed by atoms with Gasteiger partial charge in [0, 0.05) is 17.6 Å². The van der Waals surface area contributed by atoms with Gasteiger partial charge in [-0.25, -0.2) is 0 Å². The van der Waals surface area contributed by atoms with Crippen LogP contribution in [-0.4, -0.2) is 31.1 Å². The SMILES string of the molecule is CN(Cc1ccccc1Br)CC1CNc2ccccc2O1. The maximum absolute atomic E-state index is 6.05. The number of anilines is 1. The Labute approximate surface area is 134 Å². The Kier molecular flexibility index (Phi) is 4.46. The van der Waals surface area contributed by atoms with Crippen molar-refractivity contribution in [2.75, 3.05) is 25.5 Å². The van der Waals surface area contributed by atoms with Gasteiger partial charge in [0.2, 0.25) is 0 Å². The smallest absolute Gasteiger partial charge is 0.142 e. The van der Waals surface area contributed by atoms with Crippen molar-refractivity contribution in [1.82, 2.24) is 4.90 Å². The summed E-state index contributed by atoms with van der Waals surface area (Å²) in [7, 11) is 2.13. The molecule has 0 aromatic heterocycles. The highest BCUT2D eigenvalue weighted by Crippen LogP contribution is 2.28. The van der Waals surface area contributed by atoms with Gasteiger partial charge in [0.05, 0.1) is 12.2 Å². The number of para-hydroxylation sites is 2. The average Bonchev–Trinajstić information content (AvgIpc) is 2.49. The Morgan fingerprint density at radius 2 is 1.95 bits per heavy atom. The maximum atomic E-state index is 6.05. The molecule has 0 saturated carbocycles. The quantitative estimate of drug-likeness (QED) is 0.912. The monoisotopic (exact) mass is 346 g/mol. The van der Waals surface area contributed by atoms with Gasteiger partial charge >= 0.3 is 0 Å². The molecule has 1 N–H and O–H groups in total. The van der Waals surface area contributed by atoms with E-state index < -0.39 is 0 Å². The Bertz CT molecular complexity index is 617. The minimum absolute atomic E-state index is 0.174. The van der Waals surface area contributed by atoms with Gasteiger partial charge < -0.3 is 10.1 Å². The van der Waals surface area contributed by atoms with Crippen LogP contribution in [0.2, 0.25) is 0 Å². The second-order valence-electron chi connectivity index (χ2n) is 5.41. The summed E-state index contributed by atoms with van der Waals surface area (Å²) >= 11 is 3.60. The zero-order valence-corrected chi connectivity index (χ0v) is 13.6. The Hall–Kier alpha value is -1.52. The standard InChI is InChI=1S/C17H19BrN2O/c1-20(11-13-6-2-3-7-15(13)18)12-14-10-19-16-8-4-5-9-17(16)21-14/h2-9,14,19H,10-12H2,1H3. The number of rotatable bonds is 4. The van der Waals surface area contributed by atoms with Crippen molar-refractivity contribution >= 4 is 21.6 Å². The first-order valence-corrected chi connectivity index (χ1v) is 7.93. The molecule has 0 spiro atoms. The molecule has 0 radical (unpaired) electrons. The molecule has 2 aromatic carbocycles. The lowest BCUT2D eigenvalue weighted by molar-refractivity contribution is 0.148. The average molecular weight is 347 g/mol. The van der Waals surface area contributed by atoms with Crippen LogP contribution >= 0.6 is 15.9 Å². The normalized spacial score (nSPS) is 17.0. The van der Waals surface area contributed by atoms with Crippen LogP contribution in [0.15, 0.2) is 53.0 Å². The molecule has 21 heavy (non-hydrogen) atoms. The number of ether oxygens (including phenoxy) is 1. The molecule has 1 atom stereocenters. The first-order valence-electron chi connectivity index (χ1n) is 7.14. The highest BCUT2D eigenvalue weighted by atomic mass is 79.9. The minimum atomic E-state index is 0.174. The third-order valence-corrected chi connectivity index (χ3v) is 4.39. The van der Waals surface area contributed by atoms with Gasteiger partial charge in [0.15, 0.2) is 0 Å². The lowest BCUT2D eigenvalue weighted by Gasteiger charge is -2.30. The van der Waals surface area contributed by atoms with E-state index in [2.05, 4.69) is 57.5 Å². The second kappa shape index (κ2) is 6.50. The minimum Gasteiger partial charge on any atom is -0.485 e. The van der Waals surface area contributed by atoms with E-state index in [0.29, 0.717) is 0 Å². The van der Waals surface area contributed by atoms with Crippen molar-refractivity contribution in [2.45, 2.75) is 12.6 Å². The topological polar surface area (TPSA) is 24.5 Å². The predicted molar refractivity (Wildman–Crippen MR) is 89.8 cm³/mol. The molecule has 110 valence electrons. The Morgan fingerprint density at radius 1 is 1.19 bits per heavy atom. The summed E-state index contributed by atoms with van der Waals surface area (Å²) < 4.78 is 7.21. The summed E-state index contributed by atoms with van der Waals surface area (Å²) in [5, 5.41) is 3.43. The van der Waals surface area contributed by atoms with Gasteiger partial charge in [-0.2, -0.15) is 0 Å². The van der Waals surface area contributed by atoms with Crippen molar-refractivity contribution < 1.29 is 4.74 Å². The van der Waals surface area contributed by atoms with Gasteiger partial charge in [-0.3, -0.25) is 4.90 Å². The van der Waals surface area contributed by atoms with Crippen LogP contribution in [0.4, 0.5) is 5.69 Å². The first kappa shape index (κ1) is 14.4. The van der Waals surface area contributed by atoms with Gasteiger partial charge in [0.25, 0.3) is 0 Å². The predicted octanol–water partition coefficient (Wildman–Crippen LogP) is 3.75. The molecule has 4 heteroatoms. The number of nitrogens with zero attached hydrogens (tertiary/aromatic N) is 1. The van der Waals surface area contributed by atoms with E-state index in [-0.39, 0.29) is 6.10 Å². The van der Waals surface area contributed by atoms with Gasteiger partial charge in [-0.15, -0.1) is 0 Å². The Morgan fingerprint density at radius 3 is 2.81 bits per heavy atom. The van der Waals surface area contributed by atoms with Crippen molar-refractivity contribution in [2.24, 2.45) is 0 Å². The second-order valence-corrected chi connectivity index (χ2v) is 6.26. The number of likely N-dealkylation sites (N-methyl/N-ethyl adjacent to an activating group) is 1. The molecule has 2 aromatic rings. The summed E-state index contributed by atoms with van der Waals surface area (Å²) in [5.74, 6) is 0.947. The Balaban J connectivity index is 1.59. The molecule has 0 bridgehead atoms. The zero-order chi connectivity index (χ0) is 14.7. The molecule has 0 amide bonds. The van der Waals surface area contributed by atoms with Crippen LogP contribution in [0.3, 0.4) is 0 Å². The fourth-order valence-corrected chi connectivity index (χ4v) is 3.00. The van der Waals surface area contributed by atoms with Crippen LogP contribution in [-0.2, 0) is 6.54 Å². The summed E-state index contributed by atoms with van der Waals surface area (Å²) in [6, 6.07) is 16.4. The number of fused-ring (bicyclic) bond motifs is 1. The molecule has 3 rings (SSSR count). The van der Waals surface area contributed by atoms with Gasteiger partial charge in [0.1, 0.15) is 11.9 Å². The number of hydrogen-bond acceptors (Lipinski definition) is 3. The van der Waals surface area contributed by atoms with Crippen molar-refractivity contribution in [3.8, 4) is 5.75 Å². The number of benzene rings is 2. The first-order chi connectivity index (χ1) is 10.2. The number of hydrogen-bond donors (Lipinski definition) is 1. The molecule has 1 heterocycles.